The maximum absolute atomic E-state index is 5.55. The molecule has 1 heterocycles. The lowest BCUT2D eigenvalue weighted by atomic mass is 9.78. The van der Waals surface area contributed by atoms with Crippen LogP contribution < -0.4 is 0 Å². The Labute approximate surface area is 141 Å². The molecule has 1 aromatic heterocycles. The first kappa shape index (κ1) is 13.9. The van der Waals surface area contributed by atoms with Gasteiger partial charge in [-0.3, -0.25) is 0 Å². The summed E-state index contributed by atoms with van der Waals surface area (Å²) in [7, 11) is 0. The first-order chi connectivity index (χ1) is 11.8. The minimum absolute atomic E-state index is 0.577. The predicted octanol–water partition coefficient (Wildman–Crippen LogP) is 6.17. The normalized spacial score (nSPS) is 17.3. The Bertz CT molecular complexity index is 1050. The molecule has 3 aromatic carbocycles. The van der Waals surface area contributed by atoms with Gasteiger partial charge in [0.2, 0.25) is 0 Å². The first-order valence-electron chi connectivity index (χ1n) is 8.77. The molecule has 0 spiro atoms. The zero-order valence-corrected chi connectivity index (χ0v) is 13.9. The van der Waals surface area contributed by atoms with E-state index in [1.165, 1.54) is 44.7 Å². The second-order valence-electron chi connectivity index (χ2n) is 6.96. The van der Waals surface area contributed by atoms with Crippen molar-refractivity contribution >= 4 is 21.5 Å². The Morgan fingerprint density at radius 1 is 0.875 bits per heavy atom. The van der Waals surface area contributed by atoms with E-state index in [1.807, 2.05) is 6.26 Å². The van der Waals surface area contributed by atoms with Crippen LogP contribution in [0.4, 0.5) is 0 Å². The summed E-state index contributed by atoms with van der Waals surface area (Å²) in [6.45, 7) is 2.08. The van der Waals surface area contributed by atoms with Crippen LogP contribution in [0.3, 0.4) is 0 Å². The molecule has 0 saturated carbocycles. The van der Waals surface area contributed by atoms with E-state index in [4.69, 9.17) is 4.42 Å². The smallest absolute Gasteiger partial charge is 0.104 e. The van der Waals surface area contributed by atoms with E-state index in [2.05, 4.69) is 61.5 Å². The van der Waals surface area contributed by atoms with Gasteiger partial charge in [0.05, 0.1) is 6.26 Å². The molecule has 1 unspecified atom stereocenters. The van der Waals surface area contributed by atoms with Gasteiger partial charge < -0.3 is 4.42 Å². The molecule has 1 aliphatic carbocycles. The third-order valence-corrected chi connectivity index (χ3v) is 5.69. The summed E-state index contributed by atoms with van der Waals surface area (Å²) in [6.07, 6.45) is 5.32. The number of furan rings is 1. The first-order valence-corrected chi connectivity index (χ1v) is 8.77. The van der Waals surface area contributed by atoms with E-state index in [0.29, 0.717) is 5.92 Å². The van der Waals surface area contributed by atoms with Crippen LogP contribution in [0, 0.1) is 6.92 Å². The molecule has 1 aliphatic rings. The second-order valence-corrected chi connectivity index (χ2v) is 6.96. The standard InChI is InChI=1S/C23H20O/c1-15-19(12-13-24-15)18-7-6-17-9-10-21-20-5-3-2-4-16(20)8-11-22(21)23(17)14-18/h2-5,8-13,18H,6-7,14H2,1H3. The number of rotatable bonds is 1. The van der Waals surface area contributed by atoms with Crippen LogP contribution in [0.5, 0.6) is 0 Å². The lowest BCUT2D eigenvalue weighted by Crippen LogP contribution is -2.13. The molecule has 5 rings (SSSR count). The Morgan fingerprint density at radius 2 is 1.75 bits per heavy atom. The van der Waals surface area contributed by atoms with E-state index in [1.54, 1.807) is 0 Å². The molecule has 0 N–H and O–H groups in total. The third-order valence-electron chi connectivity index (χ3n) is 5.69. The Balaban J connectivity index is 1.70. The summed E-state index contributed by atoms with van der Waals surface area (Å²) in [4.78, 5) is 0. The molecule has 1 atom stereocenters. The van der Waals surface area contributed by atoms with Gasteiger partial charge in [-0.25, -0.2) is 0 Å². The minimum Gasteiger partial charge on any atom is -0.469 e. The van der Waals surface area contributed by atoms with Gasteiger partial charge in [0, 0.05) is 0 Å². The summed E-state index contributed by atoms with van der Waals surface area (Å²) in [5, 5.41) is 5.50. The van der Waals surface area contributed by atoms with Crippen LogP contribution in [0.25, 0.3) is 21.5 Å². The molecular weight excluding hydrogens is 292 g/mol. The Morgan fingerprint density at radius 3 is 2.62 bits per heavy atom. The fourth-order valence-electron chi connectivity index (χ4n) is 4.43. The highest BCUT2D eigenvalue weighted by atomic mass is 16.3. The number of benzene rings is 3. The fourth-order valence-corrected chi connectivity index (χ4v) is 4.43. The van der Waals surface area contributed by atoms with Gasteiger partial charge in [-0.05, 0) is 76.4 Å². The molecule has 0 saturated heterocycles. The van der Waals surface area contributed by atoms with E-state index in [-0.39, 0.29) is 0 Å². The zero-order valence-electron chi connectivity index (χ0n) is 13.9. The average molecular weight is 312 g/mol. The lowest BCUT2D eigenvalue weighted by molar-refractivity contribution is 0.513. The highest BCUT2D eigenvalue weighted by molar-refractivity contribution is 6.08. The number of hydrogen-bond acceptors (Lipinski definition) is 1. The Hall–Kier alpha value is -2.54. The summed E-state index contributed by atoms with van der Waals surface area (Å²) < 4.78 is 5.55. The van der Waals surface area contributed by atoms with Gasteiger partial charge in [0.1, 0.15) is 5.76 Å². The van der Waals surface area contributed by atoms with Crippen molar-refractivity contribution in [3.8, 4) is 0 Å². The van der Waals surface area contributed by atoms with E-state index in [0.717, 1.165) is 18.6 Å². The molecule has 1 heteroatoms. The molecular formula is C23H20O. The van der Waals surface area contributed by atoms with Crippen LogP contribution >= 0.6 is 0 Å². The number of fused-ring (bicyclic) bond motifs is 5. The van der Waals surface area contributed by atoms with Gasteiger partial charge in [-0.15, -0.1) is 0 Å². The van der Waals surface area contributed by atoms with Gasteiger partial charge in [0.15, 0.2) is 0 Å². The lowest BCUT2D eigenvalue weighted by Gasteiger charge is -2.26. The SMILES string of the molecule is Cc1occc1C1CCc2ccc3c(ccc4ccccc43)c2C1. The van der Waals surface area contributed by atoms with Gasteiger partial charge >= 0.3 is 0 Å². The molecule has 1 nitrogen and oxygen atoms in total. The van der Waals surface area contributed by atoms with Crippen LogP contribution in [0.15, 0.2) is 65.3 Å². The minimum atomic E-state index is 0.577. The topological polar surface area (TPSA) is 13.1 Å². The van der Waals surface area contributed by atoms with Crippen LogP contribution in [-0.4, -0.2) is 0 Å². The summed E-state index contributed by atoms with van der Waals surface area (Å²) in [5.74, 6) is 1.66. The van der Waals surface area contributed by atoms with E-state index >= 15 is 0 Å². The Kier molecular flexibility index (Phi) is 3.02. The quantitative estimate of drug-likeness (QED) is 0.383. The average Bonchev–Trinajstić information content (AvgIpc) is 3.06. The van der Waals surface area contributed by atoms with Gasteiger partial charge in [-0.1, -0.05) is 48.5 Å². The fraction of sp³-hybridized carbons (Fsp3) is 0.217. The van der Waals surface area contributed by atoms with Crippen molar-refractivity contribution in [2.45, 2.75) is 32.1 Å². The number of aryl methyl sites for hydroxylation is 2. The molecule has 0 radical (unpaired) electrons. The second kappa shape index (κ2) is 5.24. The molecule has 24 heavy (non-hydrogen) atoms. The maximum atomic E-state index is 5.55. The van der Waals surface area contributed by atoms with Gasteiger partial charge in [0.25, 0.3) is 0 Å². The highest BCUT2D eigenvalue weighted by Crippen LogP contribution is 2.39. The summed E-state index contributed by atoms with van der Waals surface area (Å²) in [5.41, 5.74) is 4.45. The van der Waals surface area contributed by atoms with Crippen molar-refractivity contribution in [1.29, 1.82) is 0 Å². The molecule has 118 valence electrons. The van der Waals surface area contributed by atoms with Crippen molar-refractivity contribution in [3.63, 3.8) is 0 Å². The van der Waals surface area contributed by atoms with Crippen LogP contribution in [-0.2, 0) is 12.8 Å². The van der Waals surface area contributed by atoms with Gasteiger partial charge in [-0.2, -0.15) is 0 Å². The molecule has 0 fully saturated rings. The predicted molar refractivity (Wildman–Crippen MR) is 99.7 cm³/mol. The molecule has 0 bridgehead atoms. The summed E-state index contributed by atoms with van der Waals surface area (Å²) in [6, 6.07) is 20.1. The van der Waals surface area contributed by atoms with E-state index in [9.17, 15) is 0 Å². The van der Waals surface area contributed by atoms with Crippen LogP contribution in [0.2, 0.25) is 0 Å². The summed E-state index contributed by atoms with van der Waals surface area (Å²) >= 11 is 0. The van der Waals surface area contributed by atoms with Crippen molar-refractivity contribution in [2.24, 2.45) is 0 Å². The van der Waals surface area contributed by atoms with E-state index < -0.39 is 0 Å². The monoisotopic (exact) mass is 312 g/mol. The van der Waals surface area contributed by atoms with Crippen molar-refractivity contribution in [1.82, 2.24) is 0 Å². The zero-order chi connectivity index (χ0) is 16.1. The number of hydrogen-bond donors (Lipinski definition) is 0. The molecule has 0 amide bonds. The van der Waals surface area contributed by atoms with Crippen LogP contribution in [0.1, 0.15) is 34.8 Å². The molecule has 4 aromatic rings. The van der Waals surface area contributed by atoms with Crippen molar-refractivity contribution in [2.75, 3.05) is 0 Å². The maximum Gasteiger partial charge on any atom is 0.104 e. The molecule has 0 aliphatic heterocycles. The van der Waals surface area contributed by atoms with Crippen molar-refractivity contribution in [3.05, 3.63) is 83.3 Å². The highest BCUT2D eigenvalue weighted by Gasteiger charge is 2.24. The largest absolute Gasteiger partial charge is 0.469 e. The third kappa shape index (κ3) is 2.01. The van der Waals surface area contributed by atoms with Crippen molar-refractivity contribution < 1.29 is 4.42 Å².